The Hall–Kier alpha value is -3.30. The monoisotopic (exact) mass is 456 g/mol. The van der Waals surface area contributed by atoms with Crippen molar-refractivity contribution in [3.63, 3.8) is 0 Å². The lowest BCUT2D eigenvalue weighted by atomic mass is 10.1. The lowest BCUT2D eigenvalue weighted by molar-refractivity contribution is 0.0938. The smallest absolute Gasteiger partial charge is 0.251 e. The molecule has 9 heteroatoms. The van der Waals surface area contributed by atoms with Crippen molar-refractivity contribution >= 4 is 15.9 Å². The molecule has 3 aromatic rings. The van der Waals surface area contributed by atoms with Gasteiger partial charge in [0.05, 0.1) is 11.2 Å². The van der Waals surface area contributed by atoms with E-state index in [1.54, 1.807) is 36.6 Å². The lowest BCUT2D eigenvalue weighted by Gasteiger charge is -2.14. The number of fused-ring (bicyclic) bond motifs is 1. The van der Waals surface area contributed by atoms with Crippen LogP contribution in [0.3, 0.4) is 0 Å². The van der Waals surface area contributed by atoms with Gasteiger partial charge in [-0.2, -0.15) is 0 Å². The van der Waals surface area contributed by atoms with Crippen LogP contribution < -0.4 is 19.5 Å². The predicted octanol–water partition coefficient (Wildman–Crippen LogP) is 3.24. The topological polar surface area (TPSA) is 107 Å². The standard InChI is InChI=1S/C23H24N2O6S/c1-16(7-9-19-5-3-11-29-19)25-23(26)18-4-2-6-20(13-18)32(27,28)24-14-17-8-10-21-22(12-17)31-15-30-21/h2-6,8,10-13,16,24H,7,9,14-15H2,1H3,(H,25,26). The summed E-state index contributed by atoms with van der Waals surface area (Å²) in [6.45, 7) is 2.13. The molecule has 2 heterocycles. The van der Waals surface area contributed by atoms with Gasteiger partial charge in [-0.25, -0.2) is 13.1 Å². The maximum atomic E-state index is 12.8. The maximum Gasteiger partial charge on any atom is 0.251 e. The second-order valence-corrected chi connectivity index (χ2v) is 9.30. The van der Waals surface area contributed by atoms with E-state index in [-0.39, 0.29) is 35.7 Å². The summed E-state index contributed by atoms with van der Waals surface area (Å²) < 4.78 is 44.0. The summed E-state index contributed by atoms with van der Waals surface area (Å²) in [6, 6.07) is 14.8. The minimum Gasteiger partial charge on any atom is -0.469 e. The van der Waals surface area contributed by atoms with Crippen molar-refractivity contribution in [3.05, 3.63) is 77.7 Å². The lowest BCUT2D eigenvalue weighted by Crippen LogP contribution is -2.33. The predicted molar refractivity (Wildman–Crippen MR) is 117 cm³/mol. The van der Waals surface area contributed by atoms with Gasteiger partial charge >= 0.3 is 0 Å². The minimum atomic E-state index is -3.81. The highest BCUT2D eigenvalue weighted by atomic mass is 32.2. The van der Waals surface area contributed by atoms with Gasteiger partial charge in [0.1, 0.15) is 5.76 Å². The SMILES string of the molecule is CC(CCc1ccco1)NC(=O)c1cccc(S(=O)(=O)NCc2ccc3c(c2)OCO3)c1. The number of hydrogen-bond donors (Lipinski definition) is 2. The van der Waals surface area contributed by atoms with Crippen LogP contribution in [0.25, 0.3) is 0 Å². The molecule has 0 aliphatic carbocycles. The third-order valence-electron chi connectivity index (χ3n) is 5.09. The molecule has 0 saturated carbocycles. The number of nitrogens with one attached hydrogen (secondary N) is 2. The first-order valence-electron chi connectivity index (χ1n) is 10.2. The fraction of sp³-hybridized carbons (Fsp3) is 0.261. The van der Waals surface area contributed by atoms with Gasteiger partial charge in [0.2, 0.25) is 16.8 Å². The number of amides is 1. The van der Waals surface area contributed by atoms with E-state index >= 15 is 0 Å². The van der Waals surface area contributed by atoms with E-state index in [0.717, 1.165) is 11.3 Å². The van der Waals surface area contributed by atoms with Gasteiger partial charge in [0.15, 0.2) is 11.5 Å². The first-order valence-corrected chi connectivity index (χ1v) is 11.7. The number of carbonyl (C=O) groups is 1. The van der Waals surface area contributed by atoms with E-state index in [9.17, 15) is 13.2 Å². The number of furan rings is 1. The fourth-order valence-electron chi connectivity index (χ4n) is 3.31. The second-order valence-electron chi connectivity index (χ2n) is 7.53. The van der Waals surface area contributed by atoms with Crippen molar-refractivity contribution in [1.29, 1.82) is 0 Å². The molecule has 32 heavy (non-hydrogen) atoms. The molecule has 0 bridgehead atoms. The molecule has 1 amide bonds. The first-order chi connectivity index (χ1) is 15.4. The third kappa shape index (κ3) is 5.30. The summed E-state index contributed by atoms with van der Waals surface area (Å²) >= 11 is 0. The molecular weight excluding hydrogens is 432 g/mol. The highest BCUT2D eigenvalue weighted by Gasteiger charge is 2.18. The zero-order valence-corrected chi connectivity index (χ0v) is 18.4. The van der Waals surface area contributed by atoms with Gasteiger partial charge in [0.25, 0.3) is 5.91 Å². The van der Waals surface area contributed by atoms with E-state index in [1.165, 1.54) is 12.1 Å². The highest BCUT2D eigenvalue weighted by molar-refractivity contribution is 7.89. The van der Waals surface area contributed by atoms with Crippen LogP contribution in [0, 0.1) is 0 Å². The van der Waals surface area contributed by atoms with Crippen molar-refractivity contribution in [3.8, 4) is 11.5 Å². The van der Waals surface area contributed by atoms with E-state index < -0.39 is 10.0 Å². The molecule has 1 aliphatic heterocycles. The summed E-state index contributed by atoms with van der Waals surface area (Å²) in [5.74, 6) is 1.74. The molecule has 0 fully saturated rings. The second kappa shape index (κ2) is 9.46. The van der Waals surface area contributed by atoms with E-state index in [1.807, 2.05) is 19.1 Å². The van der Waals surface area contributed by atoms with Crippen LogP contribution >= 0.6 is 0 Å². The van der Waals surface area contributed by atoms with Gasteiger partial charge in [0, 0.05) is 24.6 Å². The van der Waals surface area contributed by atoms with E-state index in [0.29, 0.717) is 24.3 Å². The molecular formula is C23H24N2O6S. The Morgan fingerprint density at radius 3 is 2.72 bits per heavy atom. The van der Waals surface area contributed by atoms with Gasteiger partial charge < -0.3 is 19.2 Å². The zero-order chi connectivity index (χ0) is 22.6. The number of aryl methyl sites for hydroxylation is 1. The largest absolute Gasteiger partial charge is 0.469 e. The van der Waals surface area contributed by atoms with Crippen LogP contribution in [0.2, 0.25) is 0 Å². The van der Waals surface area contributed by atoms with Crippen molar-refractivity contribution in [2.75, 3.05) is 6.79 Å². The average molecular weight is 457 g/mol. The number of rotatable bonds is 9. The number of benzene rings is 2. The molecule has 0 spiro atoms. The first kappa shape index (κ1) is 21.9. The Bertz CT molecular complexity index is 1190. The molecule has 1 unspecified atom stereocenters. The van der Waals surface area contributed by atoms with Crippen LogP contribution in [-0.2, 0) is 23.0 Å². The number of carbonyl (C=O) groups excluding carboxylic acids is 1. The fourth-order valence-corrected chi connectivity index (χ4v) is 4.37. The van der Waals surface area contributed by atoms with Gasteiger partial charge in [-0.15, -0.1) is 0 Å². The highest BCUT2D eigenvalue weighted by Crippen LogP contribution is 2.32. The van der Waals surface area contributed by atoms with Gasteiger partial charge in [-0.1, -0.05) is 12.1 Å². The average Bonchev–Trinajstić information content (AvgIpc) is 3.48. The van der Waals surface area contributed by atoms with Crippen LogP contribution in [-0.4, -0.2) is 27.2 Å². The molecule has 2 N–H and O–H groups in total. The number of ether oxygens (including phenoxy) is 2. The minimum absolute atomic E-state index is 0.0223. The van der Waals surface area contributed by atoms with Crippen LogP contribution in [0.1, 0.15) is 35.0 Å². The Morgan fingerprint density at radius 1 is 1.06 bits per heavy atom. The Kier molecular flexibility index (Phi) is 6.48. The summed E-state index contributed by atoms with van der Waals surface area (Å²) in [7, 11) is -3.81. The normalized spacial score (nSPS) is 13.7. The van der Waals surface area contributed by atoms with E-state index in [2.05, 4.69) is 10.0 Å². The molecule has 1 aliphatic rings. The van der Waals surface area contributed by atoms with Gasteiger partial charge in [-0.05, 0) is 61.4 Å². The molecule has 8 nitrogen and oxygen atoms in total. The summed E-state index contributed by atoms with van der Waals surface area (Å²) in [6.07, 6.45) is 3.02. The number of hydrogen-bond acceptors (Lipinski definition) is 6. The molecule has 1 atom stereocenters. The third-order valence-corrected chi connectivity index (χ3v) is 6.49. The summed E-state index contributed by atoms with van der Waals surface area (Å²) in [5.41, 5.74) is 1.01. The van der Waals surface area contributed by atoms with Crippen LogP contribution in [0.15, 0.2) is 70.2 Å². The Morgan fingerprint density at radius 2 is 1.91 bits per heavy atom. The Labute approximate surface area is 186 Å². The van der Waals surface area contributed by atoms with Crippen molar-refractivity contribution in [1.82, 2.24) is 10.0 Å². The Balaban J connectivity index is 1.36. The molecule has 0 saturated heterocycles. The van der Waals surface area contributed by atoms with Crippen molar-refractivity contribution in [2.45, 2.75) is 37.2 Å². The van der Waals surface area contributed by atoms with Crippen LogP contribution in [0.5, 0.6) is 11.5 Å². The summed E-state index contributed by atoms with van der Waals surface area (Å²) in [4.78, 5) is 12.6. The van der Waals surface area contributed by atoms with Crippen molar-refractivity contribution < 1.29 is 27.1 Å². The van der Waals surface area contributed by atoms with Crippen LogP contribution in [0.4, 0.5) is 0 Å². The van der Waals surface area contributed by atoms with E-state index in [4.69, 9.17) is 13.9 Å². The molecule has 0 radical (unpaired) electrons. The van der Waals surface area contributed by atoms with Crippen molar-refractivity contribution in [2.24, 2.45) is 0 Å². The molecule has 2 aromatic carbocycles. The molecule has 4 rings (SSSR count). The molecule has 168 valence electrons. The quantitative estimate of drug-likeness (QED) is 0.512. The van der Waals surface area contributed by atoms with Gasteiger partial charge in [-0.3, -0.25) is 4.79 Å². The zero-order valence-electron chi connectivity index (χ0n) is 17.5. The summed E-state index contributed by atoms with van der Waals surface area (Å²) in [5, 5.41) is 2.90. The molecule has 1 aromatic heterocycles. The maximum absolute atomic E-state index is 12.8. The number of sulfonamides is 1.